The van der Waals surface area contributed by atoms with Crippen molar-refractivity contribution in [1.29, 1.82) is 0 Å². The van der Waals surface area contributed by atoms with E-state index < -0.39 is 36.4 Å². The molecule has 0 aliphatic heterocycles. The highest BCUT2D eigenvalue weighted by molar-refractivity contribution is 5.89. The van der Waals surface area contributed by atoms with Crippen molar-refractivity contribution in [3.63, 3.8) is 0 Å². The van der Waals surface area contributed by atoms with Crippen LogP contribution < -0.4 is 0 Å². The lowest BCUT2D eigenvalue weighted by Crippen LogP contribution is -2.44. The van der Waals surface area contributed by atoms with Gasteiger partial charge in [0.05, 0.1) is 19.4 Å². The van der Waals surface area contributed by atoms with E-state index in [1.807, 2.05) is 0 Å². The summed E-state index contributed by atoms with van der Waals surface area (Å²) in [5, 5.41) is 18.5. The van der Waals surface area contributed by atoms with Gasteiger partial charge in [-0.2, -0.15) is 4.89 Å². The maximum absolute atomic E-state index is 11.5. The first-order valence-electron chi connectivity index (χ1n) is 5.40. The lowest BCUT2D eigenvalue weighted by Gasteiger charge is -2.21. The number of aliphatic carboxylic acids is 1. The van der Waals surface area contributed by atoms with Crippen LogP contribution in [0.5, 0.6) is 0 Å². The molecule has 0 radical (unpaired) electrons. The Labute approximate surface area is 109 Å². The fourth-order valence-electron chi connectivity index (χ4n) is 1.09. The Bertz CT molecular complexity index is 351. The predicted octanol–water partition coefficient (Wildman–Crippen LogP) is -0.194. The second-order valence-electron chi connectivity index (χ2n) is 3.53. The minimum absolute atomic E-state index is 0.00972. The molecule has 0 heterocycles. The third-order valence-corrected chi connectivity index (χ3v) is 1.88. The molecule has 0 aromatic heterocycles. The third kappa shape index (κ3) is 6.53. The summed E-state index contributed by atoms with van der Waals surface area (Å²) in [6.45, 7) is 4.71. The predicted molar refractivity (Wildman–Crippen MR) is 60.7 cm³/mol. The van der Waals surface area contributed by atoms with Crippen molar-refractivity contribution in [2.24, 2.45) is 0 Å². The summed E-state index contributed by atoms with van der Waals surface area (Å²) < 4.78 is 4.56. The molecule has 19 heavy (non-hydrogen) atoms. The van der Waals surface area contributed by atoms with Gasteiger partial charge < -0.3 is 14.9 Å². The van der Waals surface area contributed by atoms with E-state index in [-0.39, 0.29) is 13.2 Å². The Morgan fingerprint density at radius 3 is 2.42 bits per heavy atom. The highest BCUT2D eigenvalue weighted by Crippen LogP contribution is 2.19. The molecule has 0 aliphatic carbocycles. The Morgan fingerprint density at radius 2 is 1.95 bits per heavy atom. The number of hydrogen-bond acceptors (Lipinski definition) is 7. The van der Waals surface area contributed by atoms with Crippen LogP contribution in [-0.2, 0) is 28.9 Å². The molecule has 108 valence electrons. The van der Waals surface area contributed by atoms with Crippen LogP contribution >= 0.6 is 0 Å². The maximum atomic E-state index is 11.5. The fourth-order valence-corrected chi connectivity index (χ4v) is 1.09. The van der Waals surface area contributed by atoms with Gasteiger partial charge in [-0.05, 0) is 6.92 Å². The highest BCUT2D eigenvalue weighted by atomic mass is 17.2. The zero-order chi connectivity index (χ0) is 14.9. The van der Waals surface area contributed by atoms with Gasteiger partial charge in [-0.25, -0.2) is 4.79 Å². The smallest absolute Gasteiger partial charge is 0.374 e. The van der Waals surface area contributed by atoms with E-state index in [1.165, 1.54) is 13.0 Å². The Kier molecular flexibility index (Phi) is 7.39. The Morgan fingerprint density at radius 1 is 1.32 bits per heavy atom. The Balaban J connectivity index is 4.75. The van der Waals surface area contributed by atoms with Crippen LogP contribution in [0.2, 0.25) is 0 Å². The summed E-state index contributed by atoms with van der Waals surface area (Å²) in [5.74, 6) is -3.81. The largest absolute Gasteiger partial charge is 0.481 e. The van der Waals surface area contributed by atoms with Crippen LogP contribution in [0.25, 0.3) is 0 Å². The van der Waals surface area contributed by atoms with Crippen molar-refractivity contribution < 1.29 is 39.1 Å². The molecule has 1 unspecified atom stereocenters. The first-order chi connectivity index (χ1) is 8.85. The molecule has 8 nitrogen and oxygen atoms in total. The lowest BCUT2D eigenvalue weighted by molar-refractivity contribution is -0.283. The summed E-state index contributed by atoms with van der Waals surface area (Å²) in [6, 6.07) is 0. The van der Waals surface area contributed by atoms with Crippen molar-refractivity contribution in [2.45, 2.75) is 25.4 Å². The molecule has 0 amide bonds. The molecule has 2 N–H and O–H groups in total. The highest BCUT2D eigenvalue weighted by Gasteiger charge is 2.43. The normalized spacial score (nSPS) is 13.2. The summed E-state index contributed by atoms with van der Waals surface area (Å²) in [7, 11) is 0. The molecule has 0 bridgehead atoms. The number of carboxylic acids is 1. The zero-order valence-electron chi connectivity index (χ0n) is 10.5. The number of carboxylic acid groups (broad SMARTS) is 1. The van der Waals surface area contributed by atoms with Crippen LogP contribution in [0, 0.1) is 0 Å². The van der Waals surface area contributed by atoms with Crippen LogP contribution in [-0.4, -0.2) is 46.9 Å². The van der Waals surface area contributed by atoms with Gasteiger partial charge in [0.2, 0.25) is 0 Å². The topological polar surface area (TPSA) is 119 Å². The molecule has 0 rings (SSSR count). The van der Waals surface area contributed by atoms with Gasteiger partial charge in [-0.3, -0.25) is 14.5 Å². The number of ether oxygens (including phenoxy) is 1. The summed E-state index contributed by atoms with van der Waals surface area (Å²) in [4.78, 5) is 41.9. The van der Waals surface area contributed by atoms with E-state index in [4.69, 9.17) is 5.11 Å². The second-order valence-corrected chi connectivity index (χ2v) is 3.53. The van der Waals surface area contributed by atoms with E-state index in [0.717, 1.165) is 0 Å². The zero-order valence-corrected chi connectivity index (χ0v) is 10.5. The average molecular weight is 276 g/mol. The van der Waals surface area contributed by atoms with Crippen molar-refractivity contribution in [1.82, 2.24) is 0 Å². The quantitative estimate of drug-likeness (QED) is 0.257. The molecule has 0 saturated heterocycles. The molecule has 0 aromatic rings. The molecule has 1 atom stereocenters. The van der Waals surface area contributed by atoms with Crippen molar-refractivity contribution in [3.05, 3.63) is 12.7 Å². The van der Waals surface area contributed by atoms with Crippen LogP contribution in [0.1, 0.15) is 19.8 Å². The summed E-state index contributed by atoms with van der Waals surface area (Å²) in [6.07, 6.45) is -0.589. The molecule has 8 heteroatoms. The van der Waals surface area contributed by atoms with Gasteiger partial charge in [0, 0.05) is 0 Å². The number of carbonyl (C=O) groups excluding carboxylic acids is 2. The Hall–Kier alpha value is -1.93. The van der Waals surface area contributed by atoms with Crippen molar-refractivity contribution in [3.8, 4) is 0 Å². The monoisotopic (exact) mass is 276 g/mol. The van der Waals surface area contributed by atoms with Gasteiger partial charge in [-0.1, -0.05) is 12.7 Å². The first kappa shape index (κ1) is 17.1. The number of rotatable bonds is 9. The van der Waals surface area contributed by atoms with Gasteiger partial charge in [0.15, 0.2) is 5.60 Å². The molecule has 0 fully saturated rings. The number of hydrogen-bond donors (Lipinski definition) is 2. The summed E-state index contributed by atoms with van der Waals surface area (Å²) in [5.41, 5.74) is -2.54. The number of aliphatic hydroxyl groups is 1. The van der Waals surface area contributed by atoms with Crippen LogP contribution in [0.3, 0.4) is 0 Å². The molecule has 0 aliphatic rings. The van der Waals surface area contributed by atoms with Crippen molar-refractivity contribution >= 4 is 17.9 Å². The minimum Gasteiger partial charge on any atom is -0.481 e. The van der Waals surface area contributed by atoms with E-state index in [9.17, 15) is 19.5 Å². The standard InChI is InChI=1S/C11H16O8/c1-3-5-17-9(14)7-11(16,6-8(12)13)10(15)19-18-4-2/h3,16H,1,4-7H2,2H3,(H,12,13). The van der Waals surface area contributed by atoms with E-state index >= 15 is 0 Å². The fraction of sp³-hybridized carbons (Fsp3) is 0.545. The van der Waals surface area contributed by atoms with E-state index in [1.54, 1.807) is 0 Å². The molecular formula is C11H16O8. The second kappa shape index (κ2) is 8.22. The van der Waals surface area contributed by atoms with Crippen LogP contribution in [0.4, 0.5) is 0 Å². The maximum Gasteiger partial charge on any atom is 0.374 e. The SMILES string of the molecule is C=CCOC(=O)CC(O)(CC(=O)O)C(=O)OOCC. The lowest BCUT2D eigenvalue weighted by atomic mass is 9.96. The van der Waals surface area contributed by atoms with E-state index in [2.05, 4.69) is 21.1 Å². The van der Waals surface area contributed by atoms with Gasteiger partial charge in [0.25, 0.3) is 0 Å². The van der Waals surface area contributed by atoms with Crippen LogP contribution in [0.15, 0.2) is 12.7 Å². The molecule has 0 saturated carbocycles. The average Bonchev–Trinajstić information content (AvgIpc) is 2.32. The summed E-state index contributed by atoms with van der Waals surface area (Å²) >= 11 is 0. The molecule has 0 aromatic carbocycles. The molecular weight excluding hydrogens is 260 g/mol. The van der Waals surface area contributed by atoms with E-state index in [0.29, 0.717) is 0 Å². The van der Waals surface area contributed by atoms with Gasteiger partial charge in [-0.15, -0.1) is 0 Å². The van der Waals surface area contributed by atoms with Crippen molar-refractivity contribution in [2.75, 3.05) is 13.2 Å². The third-order valence-electron chi connectivity index (χ3n) is 1.88. The number of esters is 1. The van der Waals surface area contributed by atoms with Gasteiger partial charge in [0.1, 0.15) is 6.61 Å². The minimum atomic E-state index is -2.54. The number of carbonyl (C=O) groups is 3. The van der Waals surface area contributed by atoms with Gasteiger partial charge >= 0.3 is 17.9 Å². The first-order valence-corrected chi connectivity index (χ1v) is 5.40. The molecule has 0 spiro atoms.